The number of thiophene rings is 1. The molecule has 4 rings (SSSR count). The minimum atomic E-state index is -0.240. The molecule has 1 aliphatic heterocycles. The highest BCUT2D eigenvalue weighted by Gasteiger charge is 2.25. The van der Waals surface area contributed by atoms with Crippen molar-refractivity contribution in [3.05, 3.63) is 58.9 Å². The van der Waals surface area contributed by atoms with Gasteiger partial charge in [-0.25, -0.2) is 4.39 Å². The van der Waals surface area contributed by atoms with Crippen molar-refractivity contribution >= 4 is 27.5 Å². The molecule has 1 amide bonds. The van der Waals surface area contributed by atoms with Gasteiger partial charge in [-0.05, 0) is 54.0 Å². The molecule has 25 heavy (non-hydrogen) atoms. The van der Waals surface area contributed by atoms with Crippen LogP contribution in [0, 0.1) is 11.7 Å². The summed E-state index contributed by atoms with van der Waals surface area (Å²) in [4.78, 5) is 15.1. The molecule has 0 N–H and O–H groups in total. The quantitative estimate of drug-likeness (QED) is 0.664. The fourth-order valence-corrected chi connectivity index (χ4v) is 4.29. The molecule has 1 aromatic carbocycles. The summed E-state index contributed by atoms with van der Waals surface area (Å²) in [5.74, 6) is 0.562. The Morgan fingerprint density at radius 3 is 2.64 bits per heavy atom. The molecule has 5 heteroatoms. The van der Waals surface area contributed by atoms with Gasteiger partial charge in [-0.15, -0.1) is 11.3 Å². The van der Waals surface area contributed by atoms with Gasteiger partial charge in [0.2, 0.25) is 0 Å². The molecule has 0 radical (unpaired) electrons. The molecule has 1 fully saturated rings. The van der Waals surface area contributed by atoms with Gasteiger partial charge in [0.05, 0.1) is 10.2 Å². The second kappa shape index (κ2) is 6.64. The van der Waals surface area contributed by atoms with Crippen LogP contribution < -0.4 is 0 Å². The molecular formula is C20H21FN2OS. The molecule has 0 saturated carbocycles. The lowest BCUT2D eigenvalue weighted by Gasteiger charge is -2.30. The SMILES string of the molecule is CC1CCN(C(=O)c2cc3sccc3n2Cc2ccc(F)cc2)CC1. The van der Waals surface area contributed by atoms with Crippen LogP contribution in [0.15, 0.2) is 41.8 Å². The van der Waals surface area contributed by atoms with Crippen LogP contribution in [-0.4, -0.2) is 28.5 Å². The molecule has 0 unspecified atom stereocenters. The van der Waals surface area contributed by atoms with Gasteiger partial charge in [-0.2, -0.15) is 0 Å². The Morgan fingerprint density at radius 2 is 1.92 bits per heavy atom. The average molecular weight is 356 g/mol. The Morgan fingerprint density at radius 1 is 1.20 bits per heavy atom. The Hall–Kier alpha value is -2.14. The number of halogens is 1. The van der Waals surface area contributed by atoms with Crippen molar-refractivity contribution < 1.29 is 9.18 Å². The Kier molecular flexibility index (Phi) is 4.34. The van der Waals surface area contributed by atoms with E-state index in [2.05, 4.69) is 17.6 Å². The lowest BCUT2D eigenvalue weighted by molar-refractivity contribution is 0.0687. The van der Waals surface area contributed by atoms with E-state index in [1.165, 1.54) is 12.1 Å². The van der Waals surface area contributed by atoms with Gasteiger partial charge in [-0.1, -0.05) is 19.1 Å². The maximum Gasteiger partial charge on any atom is 0.270 e. The van der Waals surface area contributed by atoms with Crippen LogP contribution >= 0.6 is 11.3 Å². The molecule has 0 aliphatic carbocycles. The van der Waals surface area contributed by atoms with Crippen molar-refractivity contribution in [2.45, 2.75) is 26.3 Å². The van der Waals surface area contributed by atoms with Crippen LogP contribution in [0.4, 0.5) is 4.39 Å². The number of fused-ring (bicyclic) bond motifs is 1. The van der Waals surface area contributed by atoms with Gasteiger partial charge < -0.3 is 9.47 Å². The Labute approximate surface area is 150 Å². The number of benzene rings is 1. The van der Waals surface area contributed by atoms with Crippen molar-refractivity contribution in [2.75, 3.05) is 13.1 Å². The number of hydrogen-bond donors (Lipinski definition) is 0. The second-order valence-corrected chi connectivity index (χ2v) is 7.83. The largest absolute Gasteiger partial charge is 0.337 e. The van der Waals surface area contributed by atoms with E-state index >= 15 is 0 Å². The van der Waals surface area contributed by atoms with Crippen molar-refractivity contribution in [2.24, 2.45) is 5.92 Å². The first-order valence-corrected chi connectivity index (χ1v) is 9.60. The number of rotatable bonds is 3. The fourth-order valence-electron chi connectivity index (χ4n) is 3.47. The van der Waals surface area contributed by atoms with Crippen molar-refractivity contribution in [3.63, 3.8) is 0 Å². The van der Waals surface area contributed by atoms with E-state index in [1.807, 2.05) is 16.3 Å². The summed E-state index contributed by atoms with van der Waals surface area (Å²) in [6, 6.07) is 10.6. The van der Waals surface area contributed by atoms with E-state index in [-0.39, 0.29) is 11.7 Å². The van der Waals surface area contributed by atoms with Crippen LogP contribution in [0.2, 0.25) is 0 Å². The summed E-state index contributed by atoms with van der Waals surface area (Å²) in [5, 5.41) is 2.04. The van der Waals surface area contributed by atoms with Crippen LogP contribution in [0.25, 0.3) is 10.2 Å². The van der Waals surface area contributed by atoms with Gasteiger partial charge in [0, 0.05) is 19.6 Å². The van der Waals surface area contributed by atoms with Crippen LogP contribution in [0.5, 0.6) is 0 Å². The maximum atomic E-state index is 13.2. The highest BCUT2D eigenvalue weighted by Crippen LogP contribution is 2.28. The summed E-state index contributed by atoms with van der Waals surface area (Å²) < 4.78 is 16.4. The third kappa shape index (κ3) is 3.21. The fraction of sp³-hybridized carbons (Fsp3) is 0.350. The molecule has 0 atom stereocenters. The normalized spacial score (nSPS) is 15.8. The molecular weight excluding hydrogens is 335 g/mol. The summed E-state index contributed by atoms with van der Waals surface area (Å²) in [6.07, 6.45) is 2.14. The molecule has 0 bridgehead atoms. The summed E-state index contributed by atoms with van der Waals surface area (Å²) in [6.45, 7) is 4.48. The van der Waals surface area contributed by atoms with E-state index in [4.69, 9.17) is 0 Å². The first-order valence-electron chi connectivity index (χ1n) is 8.72. The predicted octanol–water partition coefficient (Wildman–Crippen LogP) is 4.76. The third-order valence-electron chi connectivity index (χ3n) is 5.07. The minimum Gasteiger partial charge on any atom is -0.337 e. The van der Waals surface area contributed by atoms with Gasteiger partial charge in [0.15, 0.2) is 0 Å². The zero-order chi connectivity index (χ0) is 17.4. The third-order valence-corrected chi connectivity index (χ3v) is 5.92. The lowest BCUT2D eigenvalue weighted by Crippen LogP contribution is -2.38. The second-order valence-electron chi connectivity index (χ2n) is 6.89. The minimum absolute atomic E-state index is 0.109. The first kappa shape index (κ1) is 16.3. The van der Waals surface area contributed by atoms with Gasteiger partial charge in [-0.3, -0.25) is 4.79 Å². The highest BCUT2D eigenvalue weighted by molar-refractivity contribution is 7.17. The van der Waals surface area contributed by atoms with E-state index in [0.717, 1.165) is 47.4 Å². The zero-order valence-electron chi connectivity index (χ0n) is 14.2. The van der Waals surface area contributed by atoms with Crippen LogP contribution in [0.1, 0.15) is 35.8 Å². The Bertz CT molecular complexity index is 888. The van der Waals surface area contributed by atoms with Crippen molar-refractivity contribution in [3.8, 4) is 0 Å². The average Bonchev–Trinajstić information content (AvgIpc) is 3.19. The van der Waals surface area contributed by atoms with Gasteiger partial charge in [0.1, 0.15) is 11.5 Å². The first-order chi connectivity index (χ1) is 12.1. The van der Waals surface area contributed by atoms with E-state index < -0.39 is 0 Å². The highest BCUT2D eigenvalue weighted by atomic mass is 32.1. The van der Waals surface area contributed by atoms with E-state index in [1.54, 1.807) is 23.5 Å². The number of carbonyl (C=O) groups excluding carboxylic acids is 1. The lowest BCUT2D eigenvalue weighted by atomic mass is 9.99. The maximum absolute atomic E-state index is 13.2. The van der Waals surface area contributed by atoms with Crippen LogP contribution in [-0.2, 0) is 6.54 Å². The van der Waals surface area contributed by atoms with Crippen LogP contribution in [0.3, 0.4) is 0 Å². The van der Waals surface area contributed by atoms with Crippen molar-refractivity contribution in [1.29, 1.82) is 0 Å². The summed E-state index contributed by atoms with van der Waals surface area (Å²) in [7, 11) is 0. The standard InChI is InChI=1S/C20H21FN2OS/c1-14-6-9-22(10-7-14)20(24)18-12-19-17(8-11-25-19)23(18)13-15-2-4-16(21)5-3-15/h2-5,8,11-12,14H,6-7,9-10,13H2,1H3. The Balaban J connectivity index is 1.67. The number of hydrogen-bond acceptors (Lipinski definition) is 2. The summed E-state index contributed by atoms with van der Waals surface area (Å²) in [5.41, 5.74) is 2.80. The van der Waals surface area contributed by atoms with Gasteiger partial charge >= 0.3 is 0 Å². The van der Waals surface area contributed by atoms with E-state index in [9.17, 15) is 9.18 Å². The van der Waals surface area contributed by atoms with Crippen molar-refractivity contribution in [1.82, 2.24) is 9.47 Å². The molecule has 130 valence electrons. The number of amides is 1. The predicted molar refractivity (Wildman–Crippen MR) is 99.6 cm³/mol. The number of nitrogens with zero attached hydrogens (tertiary/aromatic N) is 2. The molecule has 3 nitrogen and oxygen atoms in total. The molecule has 1 aliphatic rings. The molecule has 3 heterocycles. The zero-order valence-corrected chi connectivity index (χ0v) is 15.1. The smallest absolute Gasteiger partial charge is 0.270 e. The number of piperidine rings is 1. The van der Waals surface area contributed by atoms with Gasteiger partial charge in [0.25, 0.3) is 5.91 Å². The number of aromatic nitrogens is 1. The number of carbonyl (C=O) groups is 1. The molecule has 3 aromatic rings. The number of likely N-dealkylation sites (tertiary alicyclic amines) is 1. The van der Waals surface area contributed by atoms with E-state index in [0.29, 0.717) is 12.5 Å². The molecule has 0 spiro atoms. The molecule has 2 aromatic heterocycles. The topological polar surface area (TPSA) is 25.2 Å². The molecule has 1 saturated heterocycles. The summed E-state index contributed by atoms with van der Waals surface area (Å²) >= 11 is 1.65. The monoisotopic (exact) mass is 356 g/mol.